The Morgan fingerprint density at radius 2 is 1.90 bits per heavy atom. The lowest BCUT2D eigenvalue weighted by Gasteiger charge is -2.26. The highest BCUT2D eigenvalue weighted by Gasteiger charge is 2.33. The number of carbonyl (C=O) groups is 1. The smallest absolute Gasteiger partial charge is 0.231 e. The van der Waals surface area contributed by atoms with Crippen LogP contribution < -0.4 is 5.32 Å². The molecule has 0 spiro atoms. The van der Waals surface area contributed by atoms with E-state index in [4.69, 9.17) is 0 Å². The van der Waals surface area contributed by atoms with Gasteiger partial charge in [0, 0.05) is 5.92 Å². The van der Waals surface area contributed by atoms with E-state index in [1.165, 1.54) is 17.3 Å². The first-order chi connectivity index (χ1) is 14.2. The number of nitrogens with one attached hydrogen (secondary N) is 1. The van der Waals surface area contributed by atoms with Gasteiger partial charge in [-0.15, -0.1) is 10.2 Å². The third-order valence-electron chi connectivity index (χ3n) is 5.75. The van der Waals surface area contributed by atoms with Gasteiger partial charge >= 0.3 is 0 Å². The van der Waals surface area contributed by atoms with Crippen molar-refractivity contribution in [1.29, 1.82) is 5.26 Å². The molecule has 2 aliphatic rings. The van der Waals surface area contributed by atoms with Crippen LogP contribution in [-0.2, 0) is 11.3 Å². The second-order valence-corrected chi connectivity index (χ2v) is 9.07. The number of nitriles is 1. The lowest BCUT2D eigenvalue weighted by atomic mass is 9.92. The monoisotopic (exact) mass is 409 g/mol. The van der Waals surface area contributed by atoms with Crippen molar-refractivity contribution in [3.63, 3.8) is 0 Å². The molecule has 6 nitrogen and oxygen atoms in total. The Bertz CT molecular complexity index is 876. The van der Waals surface area contributed by atoms with Crippen LogP contribution in [-0.4, -0.2) is 32.0 Å². The summed E-state index contributed by atoms with van der Waals surface area (Å²) in [6.45, 7) is 0.714. The minimum Gasteiger partial charge on any atom is -0.337 e. The van der Waals surface area contributed by atoms with Crippen molar-refractivity contribution in [2.24, 2.45) is 0 Å². The van der Waals surface area contributed by atoms with Gasteiger partial charge in [0.1, 0.15) is 11.4 Å². The summed E-state index contributed by atoms with van der Waals surface area (Å²) in [5.74, 6) is 1.66. The zero-order valence-electron chi connectivity index (χ0n) is 16.6. The molecule has 0 radical (unpaired) electrons. The quantitative estimate of drug-likeness (QED) is 0.551. The fourth-order valence-corrected chi connectivity index (χ4v) is 4.74. The largest absolute Gasteiger partial charge is 0.337 e. The molecule has 2 aromatic rings. The number of aromatic nitrogens is 3. The second-order valence-electron chi connectivity index (χ2n) is 8.13. The Balaban J connectivity index is 1.42. The first kappa shape index (κ1) is 20.0. The van der Waals surface area contributed by atoms with Gasteiger partial charge in [-0.1, -0.05) is 67.8 Å². The Hall–Kier alpha value is -2.33. The van der Waals surface area contributed by atoms with Gasteiger partial charge in [-0.2, -0.15) is 5.26 Å². The number of rotatable bonds is 7. The summed E-state index contributed by atoms with van der Waals surface area (Å²) in [7, 11) is 0. The SMILES string of the molecule is N#CC1(NC(=O)CSc2nnc(C3CC3)n2Cc2ccccc2)CCCCCC1. The van der Waals surface area contributed by atoms with Gasteiger partial charge in [0.2, 0.25) is 5.91 Å². The van der Waals surface area contributed by atoms with E-state index >= 15 is 0 Å². The molecule has 1 heterocycles. The molecule has 0 unspecified atom stereocenters. The van der Waals surface area contributed by atoms with Crippen LogP contribution in [0.4, 0.5) is 0 Å². The number of hydrogen-bond donors (Lipinski definition) is 1. The molecular formula is C22H27N5OS. The molecule has 152 valence electrons. The maximum Gasteiger partial charge on any atom is 0.231 e. The zero-order chi connectivity index (χ0) is 20.1. The van der Waals surface area contributed by atoms with Crippen LogP contribution in [0.1, 0.15) is 68.7 Å². The van der Waals surface area contributed by atoms with Crippen LogP contribution in [0.2, 0.25) is 0 Å². The highest BCUT2D eigenvalue weighted by molar-refractivity contribution is 7.99. The normalized spacial score (nSPS) is 18.6. The predicted molar refractivity (Wildman–Crippen MR) is 112 cm³/mol. The van der Waals surface area contributed by atoms with Gasteiger partial charge in [-0.3, -0.25) is 4.79 Å². The van der Waals surface area contributed by atoms with Crippen molar-refractivity contribution in [3.8, 4) is 6.07 Å². The molecule has 7 heteroatoms. The summed E-state index contributed by atoms with van der Waals surface area (Å²) in [6, 6.07) is 12.7. The van der Waals surface area contributed by atoms with Crippen LogP contribution in [0.15, 0.2) is 35.5 Å². The van der Waals surface area contributed by atoms with Crippen molar-refractivity contribution in [1.82, 2.24) is 20.1 Å². The van der Waals surface area contributed by atoms with E-state index < -0.39 is 5.54 Å². The lowest BCUT2D eigenvalue weighted by molar-refractivity contribution is -0.120. The summed E-state index contributed by atoms with van der Waals surface area (Å²) in [5.41, 5.74) is 0.493. The van der Waals surface area contributed by atoms with E-state index in [0.717, 1.165) is 62.3 Å². The molecule has 4 rings (SSSR count). The topological polar surface area (TPSA) is 83.6 Å². The number of benzene rings is 1. The minimum absolute atomic E-state index is 0.0966. The van der Waals surface area contributed by atoms with Gasteiger partial charge in [-0.25, -0.2) is 0 Å². The van der Waals surface area contributed by atoms with Crippen molar-refractivity contribution < 1.29 is 4.79 Å². The average molecular weight is 410 g/mol. The van der Waals surface area contributed by atoms with Crippen molar-refractivity contribution in [3.05, 3.63) is 41.7 Å². The molecule has 1 aromatic carbocycles. The minimum atomic E-state index is -0.703. The summed E-state index contributed by atoms with van der Waals surface area (Å²) in [4.78, 5) is 12.6. The lowest BCUT2D eigenvalue weighted by Crippen LogP contribution is -2.47. The summed E-state index contributed by atoms with van der Waals surface area (Å²) in [5, 5.41) is 22.3. The molecule has 0 saturated heterocycles. The molecular weight excluding hydrogens is 382 g/mol. The maximum atomic E-state index is 12.6. The standard InChI is InChI=1S/C22H27N5OS/c23-16-22(12-6-1-2-7-13-22)24-19(28)15-29-21-26-25-20(18-10-11-18)27(21)14-17-8-4-3-5-9-17/h3-5,8-9,18H,1-2,6-7,10-15H2,(H,24,28). The van der Waals surface area contributed by atoms with Crippen LogP contribution in [0.5, 0.6) is 0 Å². The van der Waals surface area contributed by atoms with Crippen molar-refractivity contribution in [2.75, 3.05) is 5.75 Å². The first-order valence-corrected chi connectivity index (χ1v) is 11.5. The number of thioether (sulfide) groups is 1. The van der Waals surface area contributed by atoms with E-state index in [0.29, 0.717) is 12.5 Å². The average Bonchev–Trinajstić information content (AvgIpc) is 3.54. The van der Waals surface area contributed by atoms with Crippen molar-refractivity contribution in [2.45, 2.75) is 74.5 Å². The Labute approximate surface area is 176 Å². The van der Waals surface area contributed by atoms with Crippen LogP contribution in [0.3, 0.4) is 0 Å². The van der Waals surface area contributed by atoms with Crippen LogP contribution in [0, 0.1) is 11.3 Å². The summed E-state index contributed by atoms with van der Waals surface area (Å²) < 4.78 is 2.15. The molecule has 0 atom stereocenters. The number of nitrogens with zero attached hydrogens (tertiary/aromatic N) is 4. The van der Waals surface area contributed by atoms with E-state index in [9.17, 15) is 10.1 Å². The fourth-order valence-electron chi connectivity index (χ4n) is 3.99. The number of carbonyl (C=O) groups excluding carboxylic acids is 1. The molecule has 0 aliphatic heterocycles. The Morgan fingerprint density at radius 1 is 1.17 bits per heavy atom. The summed E-state index contributed by atoms with van der Waals surface area (Å²) >= 11 is 1.41. The molecule has 2 saturated carbocycles. The molecule has 1 N–H and O–H groups in total. The fraction of sp³-hybridized carbons (Fsp3) is 0.545. The van der Waals surface area contributed by atoms with E-state index in [2.05, 4.69) is 38.3 Å². The maximum absolute atomic E-state index is 12.6. The number of hydrogen-bond acceptors (Lipinski definition) is 5. The van der Waals surface area contributed by atoms with Gasteiger partial charge in [0.15, 0.2) is 5.16 Å². The molecule has 2 fully saturated rings. The summed E-state index contributed by atoms with van der Waals surface area (Å²) in [6.07, 6.45) is 8.08. The van der Waals surface area contributed by atoms with Crippen molar-refractivity contribution >= 4 is 17.7 Å². The van der Waals surface area contributed by atoms with E-state index in [1.807, 2.05) is 18.2 Å². The molecule has 0 bridgehead atoms. The van der Waals surface area contributed by atoms with Gasteiger partial charge < -0.3 is 9.88 Å². The third-order valence-corrected chi connectivity index (χ3v) is 6.72. The number of amides is 1. The van der Waals surface area contributed by atoms with E-state index in [1.54, 1.807) is 0 Å². The van der Waals surface area contributed by atoms with Gasteiger partial charge in [0.25, 0.3) is 0 Å². The molecule has 2 aliphatic carbocycles. The predicted octanol–water partition coefficient (Wildman–Crippen LogP) is 4.03. The third kappa shape index (κ3) is 4.99. The zero-order valence-corrected chi connectivity index (χ0v) is 17.5. The highest BCUT2D eigenvalue weighted by Crippen LogP contribution is 2.40. The molecule has 29 heavy (non-hydrogen) atoms. The van der Waals surface area contributed by atoms with Crippen LogP contribution >= 0.6 is 11.8 Å². The van der Waals surface area contributed by atoms with Crippen LogP contribution in [0.25, 0.3) is 0 Å². The molecule has 1 amide bonds. The first-order valence-electron chi connectivity index (χ1n) is 10.5. The van der Waals surface area contributed by atoms with Gasteiger partial charge in [0.05, 0.1) is 18.4 Å². The van der Waals surface area contributed by atoms with Gasteiger partial charge in [-0.05, 0) is 31.2 Å². The molecule has 1 aromatic heterocycles. The Kier molecular flexibility index (Phi) is 6.19. The second kappa shape index (κ2) is 9.00. The van der Waals surface area contributed by atoms with E-state index in [-0.39, 0.29) is 11.7 Å². The Morgan fingerprint density at radius 3 is 2.55 bits per heavy atom. The highest BCUT2D eigenvalue weighted by atomic mass is 32.2.